The van der Waals surface area contributed by atoms with E-state index in [1.54, 1.807) is 6.08 Å². The number of esters is 1. The number of carbonyl (C=O) groups excluding carboxylic acids is 1. The molecule has 0 aromatic heterocycles. The van der Waals surface area contributed by atoms with Crippen molar-refractivity contribution in [1.29, 1.82) is 0 Å². The Morgan fingerprint density at radius 2 is 1.62 bits per heavy atom. The first-order chi connectivity index (χ1) is 11.6. The minimum atomic E-state index is -0.881. The van der Waals surface area contributed by atoms with E-state index in [0.717, 1.165) is 44.9 Å². The van der Waals surface area contributed by atoms with Crippen LogP contribution in [0.25, 0.3) is 0 Å². The molecule has 0 saturated heterocycles. The predicted octanol–water partition coefficient (Wildman–Crippen LogP) is 2.75. The summed E-state index contributed by atoms with van der Waals surface area (Å²) in [6.07, 6.45) is 10.6. The molecule has 0 spiro atoms. The summed E-state index contributed by atoms with van der Waals surface area (Å²) in [7, 11) is 0. The van der Waals surface area contributed by atoms with E-state index in [2.05, 4.69) is 30.3 Å². The van der Waals surface area contributed by atoms with Crippen molar-refractivity contribution in [2.45, 2.75) is 64.1 Å². The summed E-state index contributed by atoms with van der Waals surface area (Å²) in [4.78, 5) is 10.6. The summed E-state index contributed by atoms with van der Waals surface area (Å²) in [5, 5.41) is 18.7. The molecule has 0 fully saturated rings. The lowest BCUT2D eigenvalue weighted by Gasteiger charge is -2.02. The van der Waals surface area contributed by atoms with Gasteiger partial charge in [-0.25, -0.2) is 0 Å². The molecule has 0 bridgehead atoms. The predicted molar refractivity (Wildman–Crippen MR) is 95.9 cm³/mol. The number of rotatable bonds is 11. The van der Waals surface area contributed by atoms with E-state index in [9.17, 15) is 9.90 Å². The third kappa shape index (κ3) is 16.4. The van der Waals surface area contributed by atoms with Gasteiger partial charge in [-0.05, 0) is 37.2 Å². The SMILES string of the molecule is C=C[C@H](O)C#CC#C[C@@H](O)/C=C/CCCCCCCCOC(C)=O. The number of carbonyl (C=O) groups is 1. The Bertz CT molecular complexity index is 499. The number of allylic oxidation sites excluding steroid dienone is 1. The average molecular weight is 332 g/mol. The molecule has 24 heavy (non-hydrogen) atoms. The lowest BCUT2D eigenvalue weighted by atomic mass is 10.1. The van der Waals surface area contributed by atoms with Crippen molar-refractivity contribution in [3.63, 3.8) is 0 Å². The Morgan fingerprint density at radius 1 is 1.04 bits per heavy atom. The first kappa shape index (κ1) is 22.0. The smallest absolute Gasteiger partial charge is 0.302 e. The van der Waals surface area contributed by atoms with Crippen molar-refractivity contribution >= 4 is 5.97 Å². The normalized spacial score (nSPS) is 12.5. The quantitative estimate of drug-likeness (QED) is 0.264. The molecule has 0 rings (SSSR count). The van der Waals surface area contributed by atoms with Crippen molar-refractivity contribution < 1.29 is 19.7 Å². The highest BCUT2D eigenvalue weighted by atomic mass is 16.5. The van der Waals surface area contributed by atoms with Gasteiger partial charge in [0, 0.05) is 6.92 Å². The maximum atomic E-state index is 10.6. The van der Waals surface area contributed by atoms with E-state index < -0.39 is 12.2 Å². The summed E-state index contributed by atoms with van der Waals surface area (Å²) in [5.41, 5.74) is 0. The van der Waals surface area contributed by atoms with Gasteiger partial charge in [-0.3, -0.25) is 4.79 Å². The van der Waals surface area contributed by atoms with Crippen LogP contribution in [-0.4, -0.2) is 35.0 Å². The van der Waals surface area contributed by atoms with Crippen LogP contribution < -0.4 is 0 Å². The number of aliphatic hydroxyl groups excluding tert-OH is 2. The molecule has 0 aliphatic rings. The fourth-order valence-electron chi connectivity index (χ4n) is 1.84. The summed E-state index contributed by atoms with van der Waals surface area (Å²) >= 11 is 0. The van der Waals surface area contributed by atoms with Gasteiger partial charge in [-0.2, -0.15) is 0 Å². The molecule has 0 amide bonds. The maximum Gasteiger partial charge on any atom is 0.302 e. The van der Waals surface area contributed by atoms with Gasteiger partial charge < -0.3 is 14.9 Å². The van der Waals surface area contributed by atoms with Crippen molar-refractivity contribution in [1.82, 2.24) is 0 Å². The minimum Gasteiger partial charge on any atom is -0.466 e. The zero-order valence-corrected chi connectivity index (χ0v) is 14.5. The lowest BCUT2D eigenvalue weighted by molar-refractivity contribution is -0.141. The molecule has 0 radical (unpaired) electrons. The Morgan fingerprint density at radius 3 is 2.25 bits per heavy atom. The highest BCUT2D eigenvalue weighted by Crippen LogP contribution is 2.08. The van der Waals surface area contributed by atoms with Gasteiger partial charge >= 0.3 is 5.97 Å². The first-order valence-electron chi connectivity index (χ1n) is 8.36. The zero-order chi connectivity index (χ0) is 18.0. The van der Waals surface area contributed by atoms with Gasteiger partial charge in [0.05, 0.1) is 6.61 Å². The number of hydrogen-bond donors (Lipinski definition) is 2. The van der Waals surface area contributed by atoms with Crippen LogP contribution in [0.3, 0.4) is 0 Å². The molecule has 0 saturated carbocycles. The molecule has 2 N–H and O–H groups in total. The fraction of sp³-hybridized carbons (Fsp3) is 0.550. The number of aliphatic hydroxyl groups is 2. The molecule has 2 atom stereocenters. The molecular weight excluding hydrogens is 304 g/mol. The van der Waals surface area contributed by atoms with Gasteiger partial charge in [0.15, 0.2) is 0 Å². The monoisotopic (exact) mass is 332 g/mol. The second-order valence-corrected chi connectivity index (χ2v) is 5.34. The van der Waals surface area contributed by atoms with Crippen molar-refractivity contribution in [2.75, 3.05) is 6.61 Å². The first-order valence-corrected chi connectivity index (χ1v) is 8.36. The van der Waals surface area contributed by atoms with E-state index in [1.165, 1.54) is 13.0 Å². The van der Waals surface area contributed by atoms with Crippen LogP contribution in [0.1, 0.15) is 51.9 Å². The third-order valence-electron chi connectivity index (χ3n) is 3.11. The number of unbranched alkanes of at least 4 members (excludes halogenated alkanes) is 6. The van der Waals surface area contributed by atoms with Gasteiger partial charge in [0.1, 0.15) is 12.2 Å². The Labute approximate surface area is 145 Å². The van der Waals surface area contributed by atoms with Crippen molar-refractivity contribution in [3.8, 4) is 23.7 Å². The van der Waals surface area contributed by atoms with Crippen molar-refractivity contribution in [2.24, 2.45) is 0 Å². The number of ether oxygens (including phenoxy) is 1. The summed E-state index contributed by atoms with van der Waals surface area (Å²) in [6.45, 7) is 5.34. The van der Waals surface area contributed by atoms with Crippen molar-refractivity contribution in [3.05, 3.63) is 24.8 Å². The van der Waals surface area contributed by atoms with Gasteiger partial charge in [-0.1, -0.05) is 56.3 Å². The molecular formula is C20H28O4. The molecule has 0 aliphatic carbocycles. The highest BCUT2D eigenvalue weighted by Gasteiger charge is 1.94. The second kappa shape index (κ2) is 15.9. The van der Waals surface area contributed by atoms with E-state index >= 15 is 0 Å². The van der Waals surface area contributed by atoms with E-state index in [0.29, 0.717) is 6.61 Å². The third-order valence-corrected chi connectivity index (χ3v) is 3.11. The zero-order valence-electron chi connectivity index (χ0n) is 14.5. The van der Waals surface area contributed by atoms with Crippen LogP contribution in [0.5, 0.6) is 0 Å². The lowest BCUT2D eigenvalue weighted by Crippen LogP contribution is -2.00. The van der Waals surface area contributed by atoms with Crippen LogP contribution in [0.4, 0.5) is 0 Å². The largest absolute Gasteiger partial charge is 0.466 e. The second-order valence-electron chi connectivity index (χ2n) is 5.34. The van der Waals surface area contributed by atoms with Gasteiger partial charge in [-0.15, -0.1) is 0 Å². The Hall–Kier alpha value is -2.01. The molecule has 0 aliphatic heterocycles. The molecule has 4 heteroatoms. The van der Waals surface area contributed by atoms with E-state index in [-0.39, 0.29) is 5.97 Å². The topological polar surface area (TPSA) is 66.8 Å². The molecule has 0 aromatic rings. The summed E-state index contributed by atoms with van der Waals surface area (Å²) < 4.78 is 4.87. The van der Waals surface area contributed by atoms with E-state index in [4.69, 9.17) is 9.84 Å². The average Bonchev–Trinajstić information content (AvgIpc) is 2.56. The molecule has 4 nitrogen and oxygen atoms in total. The van der Waals surface area contributed by atoms with Crippen LogP contribution in [-0.2, 0) is 9.53 Å². The van der Waals surface area contributed by atoms with E-state index in [1.807, 2.05) is 6.08 Å². The van der Waals surface area contributed by atoms with Crippen LogP contribution >= 0.6 is 0 Å². The molecule has 0 aromatic carbocycles. The highest BCUT2D eigenvalue weighted by molar-refractivity contribution is 5.65. The van der Waals surface area contributed by atoms with Gasteiger partial charge in [0.2, 0.25) is 0 Å². The molecule has 0 unspecified atom stereocenters. The van der Waals surface area contributed by atoms with Crippen LogP contribution in [0.2, 0.25) is 0 Å². The maximum absolute atomic E-state index is 10.6. The minimum absolute atomic E-state index is 0.213. The molecule has 0 heterocycles. The Balaban J connectivity index is 3.57. The van der Waals surface area contributed by atoms with Crippen LogP contribution in [0.15, 0.2) is 24.8 Å². The number of hydrogen-bond acceptors (Lipinski definition) is 4. The van der Waals surface area contributed by atoms with Crippen LogP contribution in [0, 0.1) is 23.7 Å². The Kier molecular flexibility index (Phi) is 14.5. The summed E-state index contributed by atoms with van der Waals surface area (Å²) in [5.74, 6) is 9.76. The van der Waals surface area contributed by atoms with Gasteiger partial charge in [0.25, 0.3) is 0 Å². The standard InChI is InChI=1S/C20H28O4/c1-3-19(22)14-11-12-16-20(23)15-10-8-6-4-5-7-9-13-17-24-18(2)21/h3,10,15,19-20,22-23H,1,4-9,13,17H2,2H3/b15-10+/t19-,20-/m0/s1. The summed E-state index contributed by atoms with van der Waals surface area (Å²) in [6, 6.07) is 0. The molecule has 132 valence electrons. The fourth-order valence-corrected chi connectivity index (χ4v) is 1.84.